The van der Waals surface area contributed by atoms with E-state index in [0.717, 1.165) is 41.1 Å². The molecule has 4 N–H and O–H groups in total. The van der Waals surface area contributed by atoms with E-state index >= 15 is 0 Å². The first kappa shape index (κ1) is 18.5. The number of methoxy groups -OCH3 is 1. The third kappa shape index (κ3) is 3.14. The fourth-order valence-corrected chi connectivity index (χ4v) is 3.89. The molecule has 4 rings (SSSR count). The summed E-state index contributed by atoms with van der Waals surface area (Å²) in [6.45, 7) is 2.69. The van der Waals surface area contributed by atoms with Crippen molar-refractivity contribution in [2.24, 2.45) is 5.73 Å². The van der Waals surface area contributed by atoms with Crippen LogP contribution in [0.25, 0.3) is 5.70 Å². The van der Waals surface area contributed by atoms with E-state index in [-0.39, 0.29) is 5.91 Å². The highest BCUT2D eigenvalue weighted by atomic mass is 35.5. The lowest BCUT2D eigenvalue weighted by molar-refractivity contribution is -0.119. The molecule has 0 saturated heterocycles. The molecule has 2 heterocycles. The second kappa shape index (κ2) is 7.29. The number of hydrogen-bond donors (Lipinski definition) is 3. The van der Waals surface area contributed by atoms with Crippen molar-refractivity contribution >= 4 is 34.8 Å². The molecule has 1 aliphatic carbocycles. The summed E-state index contributed by atoms with van der Waals surface area (Å²) in [5.41, 5.74) is 13.3. The number of nitrogens with zero attached hydrogens (tertiary/aromatic N) is 3. The summed E-state index contributed by atoms with van der Waals surface area (Å²) in [4.78, 5) is 21.0. The van der Waals surface area contributed by atoms with Gasteiger partial charge in [0.15, 0.2) is 0 Å². The zero-order valence-corrected chi connectivity index (χ0v) is 16.4. The van der Waals surface area contributed by atoms with Gasteiger partial charge in [-0.2, -0.15) is 0 Å². The molecule has 8 nitrogen and oxygen atoms in total. The lowest BCUT2D eigenvalue weighted by Gasteiger charge is -2.24. The van der Waals surface area contributed by atoms with Gasteiger partial charge in [0.25, 0.3) is 0 Å². The van der Waals surface area contributed by atoms with Gasteiger partial charge in [0.1, 0.15) is 11.8 Å². The quantitative estimate of drug-likeness (QED) is 0.706. The zero-order valence-electron chi connectivity index (χ0n) is 15.6. The Bertz CT molecular complexity index is 977. The third-order valence-electron chi connectivity index (χ3n) is 4.97. The fraction of sp³-hybridized carbons (Fsp3) is 0.316. The maximum absolute atomic E-state index is 11.9. The van der Waals surface area contributed by atoms with E-state index in [0.29, 0.717) is 23.3 Å². The molecule has 0 spiro atoms. The normalized spacial score (nSPS) is 18.0. The van der Waals surface area contributed by atoms with Crippen molar-refractivity contribution in [1.82, 2.24) is 20.4 Å². The molecular weight excluding hydrogens is 380 g/mol. The van der Waals surface area contributed by atoms with E-state index in [2.05, 4.69) is 15.7 Å². The summed E-state index contributed by atoms with van der Waals surface area (Å²) in [5, 5.41) is 5.61. The fourth-order valence-electron chi connectivity index (χ4n) is 3.63. The molecule has 0 fully saturated rings. The number of ether oxygens (including phenoxy) is 1. The number of carbonyl (C=O) groups is 1. The van der Waals surface area contributed by atoms with Crippen molar-refractivity contribution in [2.75, 3.05) is 19.0 Å². The van der Waals surface area contributed by atoms with Gasteiger partial charge < -0.3 is 20.8 Å². The highest BCUT2D eigenvalue weighted by molar-refractivity contribution is 6.32. The monoisotopic (exact) mass is 400 g/mol. The van der Waals surface area contributed by atoms with Gasteiger partial charge in [0.2, 0.25) is 11.9 Å². The van der Waals surface area contributed by atoms with Crippen molar-refractivity contribution < 1.29 is 9.53 Å². The Labute approximate surface area is 167 Å². The smallest absolute Gasteiger partial charge is 0.240 e. The van der Waals surface area contributed by atoms with Crippen LogP contribution in [0.5, 0.6) is 5.75 Å². The van der Waals surface area contributed by atoms with Crippen molar-refractivity contribution in [3.05, 3.63) is 46.2 Å². The molecule has 0 bridgehead atoms. The summed E-state index contributed by atoms with van der Waals surface area (Å²) in [7, 11) is 1.57. The number of halogens is 1. The molecular formula is C19H21ClN6O2. The maximum Gasteiger partial charge on any atom is 0.240 e. The Hall–Kier alpha value is -2.84. The number of benzene rings is 1. The number of hydrogen-bond acceptors (Lipinski definition) is 7. The number of primary amides is 1. The van der Waals surface area contributed by atoms with Crippen molar-refractivity contribution in [3.8, 4) is 5.75 Å². The van der Waals surface area contributed by atoms with Gasteiger partial charge in [0, 0.05) is 18.4 Å². The number of rotatable bonds is 5. The van der Waals surface area contributed by atoms with Crippen molar-refractivity contribution in [3.63, 3.8) is 0 Å². The molecule has 2 aliphatic rings. The first-order valence-electron chi connectivity index (χ1n) is 9.04. The van der Waals surface area contributed by atoms with Gasteiger partial charge in [-0.1, -0.05) is 11.6 Å². The number of nitrogens with two attached hydrogens (primary N) is 1. The molecule has 146 valence electrons. The minimum Gasteiger partial charge on any atom is -0.495 e. The van der Waals surface area contributed by atoms with Crippen LogP contribution >= 0.6 is 11.6 Å². The molecule has 1 aromatic heterocycles. The molecule has 9 heteroatoms. The minimum atomic E-state index is -0.491. The van der Waals surface area contributed by atoms with Crippen LogP contribution in [-0.2, 0) is 11.2 Å². The molecule has 1 atom stereocenters. The van der Waals surface area contributed by atoms with Crippen LogP contribution in [0.3, 0.4) is 0 Å². The first-order valence-corrected chi connectivity index (χ1v) is 9.42. The number of anilines is 2. The van der Waals surface area contributed by atoms with Crippen LogP contribution in [0.1, 0.15) is 24.6 Å². The predicted molar refractivity (Wildman–Crippen MR) is 107 cm³/mol. The van der Waals surface area contributed by atoms with E-state index in [9.17, 15) is 4.79 Å². The predicted octanol–water partition coefficient (Wildman–Crippen LogP) is 2.23. The summed E-state index contributed by atoms with van der Waals surface area (Å²) >= 11 is 6.20. The van der Waals surface area contributed by atoms with Gasteiger partial charge >= 0.3 is 0 Å². The average molecular weight is 401 g/mol. The Kier molecular flexibility index (Phi) is 4.82. The number of hydrazine groups is 1. The Morgan fingerprint density at radius 2 is 2.29 bits per heavy atom. The summed E-state index contributed by atoms with van der Waals surface area (Å²) in [6.07, 6.45) is 3.35. The van der Waals surface area contributed by atoms with E-state index in [1.54, 1.807) is 19.2 Å². The SMILES string of the molecule is CCN1NC(C(N)=O)C2=C1c1nc(Nc3ccc(OC)c(Cl)c3)ncc1CC2. The number of aryl methyl sites for hydroxylation is 1. The molecule has 1 aliphatic heterocycles. The van der Waals surface area contributed by atoms with Gasteiger partial charge in [-0.25, -0.2) is 15.4 Å². The van der Waals surface area contributed by atoms with E-state index < -0.39 is 6.04 Å². The molecule has 1 unspecified atom stereocenters. The highest BCUT2D eigenvalue weighted by Gasteiger charge is 2.38. The van der Waals surface area contributed by atoms with Crippen LogP contribution in [-0.4, -0.2) is 40.6 Å². The largest absolute Gasteiger partial charge is 0.495 e. The average Bonchev–Trinajstić information content (AvgIpc) is 3.08. The second-order valence-electron chi connectivity index (χ2n) is 6.62. The molecule has 28 heavy (non-hydrogen) atoms. The lowest BCUT2D eigenvalue weighted by atomic mass is 9.90. The van der Waals surface area contributed by atoms with Crippen LogP contribution in [0.2, 0.25) is 5.02 Å². The highest BCUT2D eigenvalue weighted by Crippen LogP contribution is 2.38. The van der Waals surface area contributed by atoms with E-state index in [4.69, 9.17) is 27.1 Å². The Balaban J connectivity index is 1.69. The maximum atomic E-state index is 11.9. The number of aromatic nitrogens is 2. The Morgan fingerprint density at radius 3 is 2.96 bits per heavy atom. The van der Waals surface area contributed by atoms with Gasteiger partial charge in [-0.3, -0.25) is 4.79 Å². The molecule has 0 saturated carbocycles. The lowest BCUT2D eigenvalue weighted by Crippen LogP contribution is -2.44. The zero-order chi connectivity index (χ0) is 19.8. The first-order chi connectivity index (χ1) is 13.5. The second-order valence-corrected chi connectivity index (χ2v) is 7.03. The van der Waals surface area contributed by atoms with Crippen LogP contribution in [0.15, 0.2) is 30.0 Å². The topological polar surface area (TPSA) is 105 Å². The minimum absolute atomic E-state index is 0.382. The molecule has 1 aromatic carbocycles. The van der Waals surface area contributed by atoms with Crippen LogP contribution in [0.4, 0.5) is 11.6 Å². The van der Waals surface area contributed by atoms with Crippen LogP contribution < -0.4 is 21.2 Å². The van der Waals surface area contributed by atoms with Crippen LogP contribution in [0, 0.1) is 0 Å². The number of nitrogens with one attached hydrogen (secondary N) is 2. The van der Waals surface area contributed by atoms with Crippen molar-refractivity contribution in [1.29, 1.82) is 0 Å². The summed E-state index contributed by atoms with van der Waals surface area (Å²) < 4.78 is 5.18. The van der Waals surface area contributed by atoms with Crippen molar-refractivity contribution in [2.45, 2.75) is 25.8 Å². The standard InChI is InChI=1S/C19H21ClN6O2/c1-3-26-17-12(16(25-26)18(21)27)6-4-10-9-22-19(24-15(10)17)23-11-5-7-14(28-2)13(20)8-11/h5,7-9,16,25H,3-4,6H2,1-2H3,(H2,21,27)(H,22,23,24). The van der Waals surface area contributed by atoms with Gasteiger partial charge in [-0.15, -0.1) is 0 Å². The third-order valence-corrected chi connectivity index (χ3v) is 5.26. The number of fused-ring (bicyclic) bond motifs is 2. The van der Waals surface area contributed by atoms with E-state index in [1.807, 2.05) is 24.2 Å². The summed E-state index contributed by atoms with van der Waals surface area (Å²) in [5.74, 6) is 0.668. The molecule has 1 amide bonds. The number of amides is 1. The van der Waals surface area contributed by atoms with Gasteiger partial charge in [-0.05, 0) is 49.1 Å². The summed E-state index contributed by atoms with van der Waals surface area (Å²) in [6, 6.07) is 4.89. The Morgan fingerprint density at radius 1 is 1.46 bits per heavy atom. The molecule has 2 aromatic rings. The number of carbonyl (C=O) groups excluding carboxylic acids is 1. The molecule has 0 radical (unpaired) electrons. The van der Waals surface area contributed by atoms with E-state index in [1.165, 1.54) is 0 Å². The van der Waals surface area contributed by atoms with Gasteiger partial charge in [0.05, 0.1) is 23.5 Å².